The Morgan fingerprint density at radius 1 is 1.30 bits per heavy atom. The molecule has 2 aromatic rings. The van der Waals surface area contributed by atoms with Crippen molar-refractivity contribution in [3.8, 4) is 0 Å². The quantitative estimate of drug-likeness (QED) is 0.908. The number of para-hydroxylation sites is 1. The van der Waals surface area contributed by atoms with E-state index in [4.69, 9.17) is 11.6 Å². The summed E-state index contributed by atoms with van der Waals surface area (Å²) < 4.78 is 0. The normalized spacial score (nSPS) is 10.2. The average Bonchev–Trinajstić information content (AvgIpc) is 2.44. The molecular formula is C14H15ClN4O. The first-order valence-electron chi connectivity index (χ1n) is 6.24. The lowest BCUT2D eigenvalue weighted by Crippen LogP contribution is -2.15. The Hall–Kier alpha value is -2.14. The first kappa shape index (κ1) is 14.3. The van der Waals surface area contributed by atoms with Gasteiger partial charge in [-0.25, -0.2) is 9.97 Å². The van der Waals surface area contributed by atoms with E-state index in [1.165, 1.54) is 12.4 Å². The van der Waals surface area contributed by atoms with E-state index in [2.05, 4.69) is 20.6 Å². The van der Waals surface area contributed by atoms with Gasteiger partial charge < -0.3 is 10.6 Å². The van der Waals surface area contributed by atoms with Crippen LogP contribution in [0.5, 0.6) is 0 Å². The number of carbonyl (C=O) groups is 1. The summed E-state index contributed by atoms with van der Waals surface area (Å²) in [5, 5.41) is 6.26. The third kappa shape index (κ3) is 3.24. The van der Waals surface area contributed by atoms with Crippen LogP contribution in [0.1, 0.15) is 23.0 Å². The predicted molar refractivity (Wildman–Crippen MR) is 80.3 cm³/mol. The van der Waals surface area contributed by atoms with Gasteiger partial charge in [-0.2, -0.15) is 0 Å². The van der Waals surface area contributed by atoms with E-state index in [0.717, 1.165) is 12.1 Å². The van der Waals surface area contributed by atoms with Crippen molar-refractivity contribution < 1.29 is 4.79 Å². The molecule has 0 unspecified atom stereocenters. The number of nitrogens with zero attached hydrogens (tertiary/aromatic N) is 2. The van der Waals surface area contributed by atoms with E-state index in [9.17, 15) is 4.79 Å². The molecule has 0 spiro atoms. The minimum atomic E-state index is -0.336. The van der Waals surface area contributed by atoms with Gasteiger partial charge in [-0.3, -0.25) is 4.79 Å². The second-order valence-corrected chi connectivity index (χ2v) is 4.61. The molecule has 1 amide bonds. The molecule has 0 bridgehead atoms. The number of rotatable bonds is 4. The number of hydrogen-bond donors (Lipinski definition) is 2. The molecule has 0 saturated carbocycles. The molecule has 0 radical (unpaired) electrons. The molecule has 104 valence electrons. The summed E-state index contributed by atoms with van der Waals surface area (Å²) in [4.78, 5) is 20.3. The standard InChI is InChI=1S/C14H15ClN4O/c1-3-16-12-8-17-11(7-18-12)14(20)19-13-9(2)5-4-6-10(13)15/h4-8H,3H2,1-2H3,(H,16,18)(H,19,20). The maximum absolute atomic E-state index is 12.1. The highest BCUT2D eigenvalue weighted by atomic mass is 35.5. The summed E-state index contributed by atoms with van der Waals surface area (Å²) in [5.74, 6) is 0.301. The number of carbonyl (C=O) groups excluding carboxylic acids is 1. The first-order chi connectivity index (χ1) is 9.61. The van der Waals surface area contributed by atoms with Crippen LogP contribution in [-0.2, 0) is 0 Å². The van der Waals surface area contributed by atoms with Gasteiger partial charge in [0.2, 0.25) is 0 Å². The zero-order valence-corrected chi connectivity index (χ0v) is 12.0. The lowest BCUT2D eigenvalue weighted by molar-refractivity contribution is 0.102. The smallest absolute Gasteiger partial charge is 0.275 e. The highest BCUT2D eigenvalue weighted by Gasteiger charge is 2.12. The van der Waals surface area contributed by atoms with Gasteiger partial charge in [0.15, 0.2) is 0 Å². The van der Waals surface area contributed by atoms with Gasteiger partial charge in [0, 0.05) is 6.54 Å². The molecule has 0 aliphatic heterocycles. The SMILES string of the molecule is CCNc1cnc(C(=O)Nc2c(C)cccc2Cl)cn1. The number of benzene rings is 1. The Labute approximate surface area is 122 Å². The fourth-order valence-corrected chi connectivity index (χ4v) is 1.95. The van der Waals surface area contributed by atoms with Crippen LogP contribution in [0, 0.1) is 6.92 Å². The van der Waals surface area contributed by atoms with Gasteiger partial charge in [-0.15, -0.1) is 0 Å². The Morgan fingerprint density at radius 2 is 2.10 bits per heavy atom. The number of aryl methyl sites for hydroxylation is 1. The number of aromatic nitrogens is 2. The van der Waals surface area contributed by atoms with Crippen LogP contribution in [0.2, 0.25) is 5.02 Å². The molecule has 0 fully saturated rings. The zero-order chi connectivity index (χ0) is 14.5. The second-order valence-electron chi connectivity index (χ2n) is 4.20. The molecule has 1 heterocycles. The third-order valence-corrected chi connectivity index (χ3v) is 3.02. The summed E-state index contributed by atoms with van der Waals surface area (Å²) in [7, 11) is 0. The van der Waals surface area contributed by atoms with Crippen LogP contribution >= 0.6 is 11.6 Å². The summed E-state index contributed by atoms with van der Waals surface area (Å²) in [5.41, 5.74) is 1.73. The second kappa shape index (κ2) is 6.34. The van der Waals surface area contributed by atoms with E-state index in [1.54, 1.807) is 6.07 Å². The maximum atomic E-state index is 12.1. The molecule has 6 heteroatoms. The summed E-state index contributed by atoms with van der Waals surface area (Å²) in [6, 6.07) is 5.43. The van der Waals surface area contributed by atoms with Crippen molar-refractivity contribution >= 4 is 29.0 Å². The molecule has 2 rings (SSSR count). The fourth-order valence-electron chi connectivity index (χ4n) is 1.69. The highest BCUT2D eigenvalue weighted by Crippen LogP contribution is 2.25. The van der Waals surface area contributed by atoms with E-state index in [1.807, 2.05) is 26.0 Å². The van der Waals surface area contributed by atoms with Crippen LogP contribution in [0.4, 0.5) is 11.5 Å². The number of anilines is 2. The Kier molecular flexibility index (Phi) is 4.53. The minimum absolute atomic E-state index is 0.242. The van der Waals surface area contributed by atoms with Crippen molar-refractivity contribution in [2.24, 2.45) is 0 Å². The van der Waals surface area contributed by atoms with Crippen molar-refractivity contribution in [2.75, 3.05) is 17.2 Å². The van der Waals surface area contributed by atoms with Crippen molar-refractivity contribution in [1.29, 1.82) is 0 Å². The van der Waals surface area contributed by atoms with E-state index in [-0.39, 0.29) is 11.6 Å². The van der Waals surface area contributed by atoms with E-state index in [0.29, 0.717) is 16.5 Å². The Morgan fingerprint density at radius 3 is 2.70 bits per heavy atom. The molecular weight excluding hydrogens is 276 g/mol. The van der Waals surface area contributed by atoms with Gasteiger partial charge in [0.05, 0.1) is 23.1 Å². The van der Waals surface area contributed by atoms with Crippen molar-refractivity contribution in [3.63, 3.8) is 0 Å². The fraction of sp³-hybridized carbons (Fsp3) is 0.214. The molecule has 5 nitrogen and oxygen atoms in total. The molecule has 1 aromatic carbocycles. The topological polar surface area (TPSA) is 66.9 Å². The van der Waals surface area contributed by atoms with Crippen molar-refractivity contribution in [2.45, 2.75) is 13.8 Å². The lowest BCUT2D eigenvalue weighted by atomic mass is 10.2. The molecule has 1 aromatic heterocycles. The van der Waals surface area contributed by atoms with Crippen LogP contribution in [0.15, 0.2) is 30.6 Å². The van der Waals surface area contributed by atoms with Crippen molar-refractivity contribution in [1.82, 2.24) is 9.97 Å². The monoisotopic (exact) mass is 290 g/mol. The summed E-state index contributed by atoms with van der Waals surface area (Å²) in [6.45, 7) is 4.59. The Bertz CT molecular complexity index is 593. The van der Waals surface area contributed by atoms with Gasteiger partial charge in [0.1, 0.15) is 11.5 Å². The maximum Gasteiger partial charge on any atom is 0.275 e. The van der Waals surface area contributed by atoms with E-state index < -0.39 is 0 Å². The summed E-state index contributed by atoms with van der Waals surface area (Å²) >= 11 is 6.07. The molecule has 2 N–H and O–H groups in total. The molecule has 20 heavy (non-hydrogen) atoms. The highest BCUT2D eigenvalue weighted by molar-refractivity contribution is 6.34. The van der Waals surface area contributed by atoms with Crippen LogP contribution in [0.3, 0.4) is 0 Å². The van der Waals surface area contributed by atoms with Crippen LogP contribution in [0.25, 0.3) is 0 Å². The number of nitrogens with one attached hydrogen (secondary N) is 2. The van der Waals surface area contributed by atoms with E-state index >= 15 is 0 Å². The number of halogens is 1. The predicted octanol–water partition coefficient (Wildman–Crippen LogP) is 3.12. The number of hydrogen-bond acceptors (Lipinski definition) is 4. The molecule has 0 aliphatic rings. The minimum Gasteiger partial charge on any atom is -0.369 e. The van der Waals surface area contributed by atoms with Gasteiger partial charge in [0.25, 0.3) is 5.91 Å². The Balaban J connectivity index is 2.16. The van der Waals surface area contributed by atoms with Gasteiger partial charge >= 0.3 is 0 Å². The molecule has 0 atom stereocenters. The van der Waals surface area contributed by atoms with Gasteiger partial charge in [-0.1, -0.05) is 23.7 Å². The van der Waals surface area contributed by atoms with Crippen LogP contribution in [-0.4, -0.2) is 22.4 Å². The zero-order valence-electron chi connectivity index (χ0n) is 11.3. The van der Waals surface area contributed by atoms with Crippen molar-refractivity contribution in [3.05, 3.63) is 46.9 Å². The lowest BCUT2D eigenvalue weighted by Gasteiger charge is -2.10. The average molecular weight is 291 g/mol. The largest absolute Gasteiger partial charge is 0.369 e. The van der Waals surface area contributed by atoms with Gasteiger partial charge in [-0.05, 0) is 25.5 Å². The molecule has 0 aliphatic carbocycles. The number of amides is 1. The summed E-state index contributed by atoms with van der Waals surface area (Å²) in [6.07, 6.45) is 2.96. The molecule has 0 saturated heterocycles. The van der Waals surface area contributed by atoms with Crippen LogP contribution < -0.4 is 10.6 Å². The first-order valence-corrected chi connectivity index (χ1v) is 6.62. The third-order valence-electron chi connectivity index (χ3n) is 2.70.